The first-order valence-electron chi connectivity index (χ1n) is 12.6. The van der Waals surface area contributed by atoms with Crippen molar-refractivity contribution in [3.63, 3.8) is 0 Å². The van der Waals surface area contributed by atoms with Crippen LogP contribution in [-0.2, 0) is 6.42 Å². The summed E-state index contributed by atoms with van der Waals surface area (Å²) in [5, 5.41) is 20.6. The van der Waals surface area contributed by atoms with Gasteiger partial charge in [0, 0.05) is 35.5 Å². The Bertz CT molecular complexity index is 1250. The maximum atomic E-state index is 9.94. The minimum Gasteiger partial charge on any atom is -0.508 e. The third-order valence-electron chi connectivity index (χ3n) is 6.76. The number of rotatable bonds is 7. The molecule has 4 aromatic rings. The first-order chi connectivity index (χ1) is 17.0. The quantitative estimate of drug-likeness (QED) is 0.312. The number of aromatic hydroxyl groups is 2. The van der Waals surface area contributed by atoms with Crippen LogP contribution in [0.2, 0.25) is 0 Å². The number of nitrogens with zero attached hydrogens (tertiary/aromatic N) is 1. The average Bonchev–Trinajstić information content (AvgIpc) is 3.00. The minimum absolute atomic E-state index is 0.144. The number of phenolic OH excluding ortho intramolecular Hbond substituents is 2. The van der Waals surface area contributed by atoms with Crippen LogP contribution < -0.4 is 4.74 Å². The number of fused-ring (bicyclic) bond motifs is 1. The van der Waals surface area contributed by atoms with E-state index < -0.39 is 0 Å². The molecule has 0 saturated carbocycles. The molecule has 1 aliphatic rings. The highest BCUT2D eigenvalue weighted by Gasteiger charge is 2.18. The van der Waals surface area contributed by atoms with Crippen molar-refractivity contribution >= 4 is 11.0 Å². The molecule has 2 N–H and O–H groups in total. The SMILES string of the molecule is CC(CN1CCCCCC1)Oc1ccc(Cc2c(-c3ccc(O)cc3)oc3cc(O)ccc23)cc1. The number of phenols is 2. The van der Waals surface area contributed by atoms with E-state index >= 15 is 0 Å². The molecule has 1 atom stereocenters. The number of ether oxygens (including phenoxy) is 1. The van der Waals surface area contributed by atoms with Crippen molar-refractivity contribution in [2.24, 2.45) is 0 Å². The molecule has 1 aliphatic heterocycles. The molecule has 5 rings (SSSR count). The number of hydrogen-bond donors (Lipinski definition) is 2. The van der Waals surface area contributed by atoms with Crippen LogP contribution in [0, 0.1) is 0 Å². The first-order valence-corrected chi connectivity index (χ1v) is 12.6. The van der Waals surface area contributed by atoms with Crippen LogP contribution in [0.4, 0.5) is 0 Å². The molecule has 1 fully saturated rings. The molecule has 0 radical (unpaired) electrons. The lowest BCUT2D eigenvalue weighted by molar-refractivity contribution is 0.148. The van der Waals surface area contributed by atoms with Crippen LogP contribution in [0.15, 0.2) is 71.1 Å². The maximum absolute atomic E-state index is 9.94. The Morgan fingerprint density at radius 1 is 0.857 bits per heavy atom. The topological polar surface area (TPSA) is 66.1 Å². The van der Waals surface area contributed by atoms with E-state index in [2.05, 4.69) is 24.0 Å². The Morgan fingerprint density at radius 3 is 2.26 bits per heavy atom. The molecular formula is C30H33NO4. The molecule has 5 heteroatoms. The maximum Gasteiger partial charge on any atom is 0.138 e. The van der Waals surface area contributed by atoms with Gasteiger partial charge in [-0.05, 0) is 86.9 Å². The average molecular weight is 472 g/mol. The molecule has 0 amide bonds. The van der Waals surface area contributed by atoms with Gasteiger partial charge in [-0.1, -0.05) is 25.0 Å². The van der Waals surface area contributed by atoms with E-state index in [4.69, 9.17) is 9.15 Å². The van der Waals surface area contributed by atoms with Crippen LogP contribution in [-0.4, -0.2) is 40.9 Å². The summed E-state index contributed by atoms with van der Waals surface area (Å²) in [5.41, 5.74) is 3.73. The third kappa shape index (κ3) is 5.63. The summed E-state index contributed by atoms with van der Waals surface area (Å²) in [4.78, 5) is 2.53. The number of furan rings is 1. The van der Waals surface area contributed by atoms with E-state index in [9.17, 15) is 10.2 Å². The second-order valence-corrected chi connectivity index (χ2v) is 9.60. The number of likely N-dealkylation sites (tertiary alicyclic amines) is 1. The van der Waals surface area contributed by atoms with Gasteiger partial charge < -0.3 is 19.4 Å². The van der Waals surface area contributed by atoms with E-state index in [0.29, 0.717) is 12.0 Å². The summed E-state index contributed by atoms with van der Waals surface area (Å²) < 4.78 is 12.4. The predicted octanol–water partition coefficient (Wildman–Crippen LogP) is 6.75. The van der Waals surface area contributed by atoms with E-state index in [1.165, 1.54) is 38.8 Å². The molecule has 0 aliphatic carbocycles. The minimum atomic E-state index is 0.144. The van der Waals surface area contributed by atoms with Gasteiger partial charge in [0.2, 0.25) is 0 Å². The second kappa shape index (κ2) is 10.4. The molecular weight excluding hydrogens is 438 g/mol. The normalized spacial score (nSPS) is 15.7. The summed E-state index contributed by atoms with van der Waals surface area (Å²) in [5.74, 6) is 2.02. The van der Waals surface area contributed by atoms with Crippen molar-refractivity contribution < 1.29 is 19.4 Å². The van der Waals surface area contributed by atoms with E-state index in [-0.39, 0.29) is 17.6 Å². The van der Waals surface area contributed by atoms with E-state index in [1.54, 1.807) is 24.3 Å². The van der Waals surface area contributed by atoms with Gasteiger partial charge in [0.25, 0.3) is 0 Å². The fraction of sp³-hybridized carbons (Fsp3) is 0.333. The highest BCUT2D eigenvalue weighted by molar-refractivity contribution is 5.89. The van der Waals surface area contributed by atoms with Crippen molar-refractivity contribution in [1.82, 2.24) is 4.90 Å². The third-order valence-corrected chi connectivity index (χ3v) is 6.76. The summed E-state index contributed by atoms with van der Waals surface area (Å²) in [6.45, 7) is 5.46. The Morgan fingerprint density at radius 2 is 1.54 bits per heavy atom. The first kappa shape index (κ1) is 23.3. The fourth-order valence-corrected chi connectivity index (χ4v) is 5.00. The Kier molecular flexibility index (Phi) is 6.96. The van der Waals surface area contributed by atoms with Crippen LogP contribution in [0.25, 0.3) is 22.3 Å². The zero-order valence-corrected chi connectivity index (χ0v) is 20.2. The molecule has 35 heavy (non-hydrogen) atoms. The molecule has 5 nitrogen and oxygen atoms in total. The van der Waals surface area contributed by atoms with Gasteiger partial charge in [0.05, 0.1) is 0 Å². The highest BCUT2D eigenvalue weighted by atomic mass is 16.5. The van der Waals surface area contributed by atoms with Crippen molar-refractivity contribution in [2.75, 3.05) is 19.6 Å². The van der Waals surface area contributed by atoms with Crippen molar-refractivity contribution in [1.29, 1.82) is 0 Å². The molecule has 3 aromatic carbocycles. The van der Waals surface area contributed by atoms with Crippen LogP contribution >= 0.6 is 0 Å². The van der Waals surface area contributed by atoms with Crippen LogP contribution in [0.5, 0.6) is 17.2 Å². The van der Waals surface area contributed by atoms with Gasteiger partial charge in [-0.3, -0.25) is 4.90 Å². The van der Waals surface area contributed by atoms with Gasteiger partial charge >= 0.3 is 0 Å². The summed E-state index contributed by atoms with van der Waals surface area (Å²) in [6, 6.07) is 20.5. The molecule has 0 spiro atoms. The second-order valence-electron chi connectivity index (χ2n) is 9.60. The van der Waals surface area contributed by atoms with Gasteiger partial charge in [-0.15, -0.1) is 0 Å². The Balaban J connectivity index is 1.33. The molecule has 2 heterocycles. The van der Waals surface area contributed by atoms with Crippen LogP contribution in [0.3, 0.4) is 0 Å². The summed E-state index contributed by atoms with van der Waals surface area (Å²) in [6.07, 6.45) is 6.08. The number of benzene rings is 3. The van der Waals surface area contributed by atoms with Gasteiger partial charge in [-0.2, -0.15) is 0 Å². The fourth-order valence-electron chi connectivity index (χ4n) is 5.00. The molecule has 182 valence electrons. The molecule has 1 aromatic heterocycles. The standard InChI is InChI=1S/C30H33NO4/c1-21(20-31-16-4-2-3-5-17-31)34-26-13-6-22(7-14-26)18-28-27-15-12-25(33)19-29(27)35-30(28)23-8-10-24(32)11-9-23/h6-15,19,21,32-33H,2-5,16-18,20H2,1H3. The Labute approximate surface area is 206 Å². The Hall–Kier alpha value is -3.44. The smallest absolute Gasteiger partial charge is 0.138 e. The van der Waals surface area contributed by atoms with Crippen molar-refractivity contribution in [3.8, 4) is 28.6 Å². The van der Waals surface area contributed by atoms with Crippen molar-refractivity contribution in [2.45, 2.75) is 45.1 Å². The van der Waals surface area contributed by atoms with Gasteiger partial charge in [0.15, 0.2) is 0 Å². The molecule has 1 saturated heterocycles. The van der Waals surface area contributed by atoms with Gasteiger partial charge in [-0.25, -0.2) is 0 Å². The highest BCUT2D eigenvalue weighted by Crippen LogP contribution is 2.37. The number of hydrogen-bond acceptors (Lipinski definition) is 5. The molecule has 1 unspecified atom stereocenters. The lowest BCUT2D eigenvalue weighted by atomic mass is 9.98. The molecule has 0 bridgehead atoms. The lowest BCUT2D eigenvalue weighted by Gasteiger charge is -2.24. The summed E-state index contributed by atoms with van der Waals surface area (Å²) >= 11 is 0. The zero-order valence-electron chi connectivity index (χ0n) is 20.2. The van der Waals surface area contributed by atoms with Crippen molar-refractivity contribution in [3.05, 3.63) is 77.9 Å². The van der Waals surface area contributed by atoms with Crippen LogP contribution in [0.1, 0.15) is 43.7 Å². The van der Waals surface area contributed by atoms with E-state index in [1.807, 2.05) is 30.3 Å². The predicted molar refractivity (Wildman–Crippen MR) is 139 cm³/mol. The zero-order chi connectivity index (χ0) is 24.2. The van der Waals surface area contributed by atoms with E-state index in [0.717, 1.165) is 40.1 Å². The monoisotopic (exact) mass is 471 g/mol. The van der Waals surface area contributed by atoms with Gasteiger partial charge in [0.1, 0.15) is 34.7 Å². The summed E-state index contributed by atoms with van der Waals surface area (Å²) in [7, 11) is 0. The lowest BCUT2D eigenvalue weighted by Crippen LogP contribution is -2.34. The largest absolute Gasteiger partial charge is 0.508 e.